The van der Waals surface area contributed by atoms with Gasteiger partial charge < -0.3 is 5.32 Å². The van der Waals surface area contributed by atoms with Gasteiger partial charge in [0.1, 0.15) is 6.33 Å². The lowest BCUT2D eigenvalue weighted by atomic mass is 10.1. The predicted molar refractivity (Wildman–Crippen MR) is 102 cm³/mol. The quantitative estimate of drug-likeness (QED) is 0.692. The second-order valence-electron chi connectivity index (χ2n) is 6.24. The second-order valence-corrected chi connectivity index (χ2v) is 6.24. The largest absolute Gasteiger partial charge is 0.347 e. The maximum absolute atomic E-state index is 12.0. The molecule has 0 aliphatic carbocycles. The molecule has 0 saturated carbocycles. The number of aromatic nitrogens is 5. The van der Waals surface area contributed by atoms with Crippen LogP contribution in [0.25, 0.3) is 17.6 Å². The van der Waals surface area contributed by atoms with Gasteiger partial charge in [-0.3, -0.25) is 9.59 Å². The molecule has 0 aliphatic rings. The molecule has 3 aromatic rings. The van der Waals surface area contributed by atoms with E-state index in [1.807, 2.05) is 26.0 Å². The third kappa shape index (κ3) is 4.75. The van der Waals surface area contributed by atoms with Crippen LogP contribution in [0.4, 0.5) is 0 Å². The molecule has 3 rings (SSSR count). The van der Waals surface area contributed by atoms with Crippen LogP contribution < -0.4 is 10.9 Å². The first-order chi connectivity index (χ1) is 12.9. The zero-order valence-electron chi connectivity index (χ0n) is 15.4. The standard InChI is InChI=1S/C19H20N6O2/c1-13-8-14(2)10-15(9-13)19-21-12-25(23-19)7-6-17(26)20-11-16-4-5-18(27)24(3)22-16/h4-10,12H,11H2,1-3H3,(H,20,26)/b7-6-. The number of carbonyl (C=O) groups is 1. The van der Waals surface area contributed by atoms with Crippen molar-refractivity contribution >= 4 is 12.1 Å². The zero-order chi connectivity index (χ0) is 19.4. The van der Waals surface area contributed by atoms with E-state index in [4.69, 9.17) is 0 Å². The van der Waals surface area contributed by atoms with Crippen molar-refractivity contribution < 1.29 is 4.79 Å². The summed E-state index contributed by atoms with van der Waals surface area (Å²) in [5, 5.41) is 11.1. The van der Waals surface area contributed by atoms with Gasteiger partial charge in [0.2, 0.25) is 5.91 Å². The molecule has 0 spiro atoms. The first-order valence-electron chi connectivity index (χ1n) is 8.40. The van der Waals surface area contributed by atoms with E-state index in [1.165, 1.54) is 27.7 Å². The highest BCUT2D eigenvalue weighted by molar-refractivity contribution is 5.89. The molecule has 8 nitrogen and oxygen atoms in total. The summed E-state index contributed by atoms with van der Waals surface area (Å²) < 4.78 is 2.71. The topological polar surface area (TPSA) is 94.7 Å². The number of rotatable bonds is 5. The van der Waals surface area contributed by atoms with Crippen molar-refractivity contribution in [3.8, 4) is 11.4 Å². The van der Waals surface area contributed by atoms with Crippen molar-refractivity contribution in [3.05, 3.63) is 69.9 Å². The first kappa shape index (κ1) is 18.2. The van der Waals surface area contributed by atoms with E-state index < -0.39 is 0 Å². The van der Waals surface area contributed by atoms with Gasteiger partial charge >= 0.3 is 0 Å². The SMILES string of the molecule is Cc1cc(C)cc(-c2ncn(/C=C\C(=O)NCc3ccc(=O)n(C)n3)n2)c1. The van der Waals surface area contributed by atoms with Crippen molar-refractivity contribution in [1.82, 2.24) is 29.9 Å². The van der Waals surface area contributed by atoms with E-state index in [0.717, 1.165) is 16.7 Å². The summed E-state index contributed by atoms with van der Waals surface area (Å²) in [7, 11) is 1.56. The van der Waals surface area contributed by atoms with Crippen LogP contribution in [0.3, 0.4) is 0 Å². The molecule has 138 valence electrons. The van der Waals surface area contributed by atoms with Crippen LogP contribution in [0.15, 0.2) is 47.5 Å². The van der Waals surface area contributed by atoms with E-state index >= 15 is 0 Å². The molecule has 1 aromatic carbocycles. The number of aryl methyl sites for hydroxylation is 3. The number of hydrogen-bond acceptors (Lipinski definition) is 5. The number of nitrogens with one attached hydrogen (secondary N) is 1. The number of amides is 1. The summed E-state index contributed by atoms with van der Waals surface area (Å²) in [5.74, 6) is 0.301. The Balaban J connectivity index is 1.62. The van der Waals surface area contributed by atoms with E-state index in [1.54, 1.807) is 19.4 Å². The van der Waals surface area contributed by atoms with E-state index in [-0.39, 0.29) is 18.0 Å². The lowest BCUT2D eigenvalue weighted by Crippen LogP contribution is -2.25. The molecular formula is C19H20N6O2. The molecule has 8 heteroatoms. The molecule has 0 unspecified atom stereocenters. The van der Waals surface area contributed by atoms with Gasteiger partial charge in [-0.15, -0.1) is 5.10 Å². The van der Waals surface area contributed by atoms with Crippen molar-refractivity contribution in [1.29, 1.82) is 0 Å². The molecule has 2 aromatic heterocycles. The third-order valence-corrected chi connectivity index (χ3v) is 3.83. The lowest BCUT2D eigenvalue weighted by molar-refractivity contribution is -0.116. The van der Waals surface area contributed by atoms with Gasteiger partial charge in [-0.1, -0.05) is 17.2 Å². The maximum Gasteiger partial charge on any atom is 0.266 e. The average molecular weight is 364 g/mol. The second kappa shape index (κ2) is 7.77. The Bertz CT molecular complexity index is 1040. The highest BCUT2D eigenvalue weighted by Gasteiger charge is 2.05. The van der Waals surface area contributed by atoms with Gasteiger partial charge in [-0.25, -0.2) is 14.3 Å². The Kier molecular flexibility index (Phi) is 5.25. The summed E-state index contributed by atoms with van der Waals surface area (Å²) in [5.41, 5.74) is 3.61. The Morgan fingerprint density at radius 2 is 1.89 bits per heavy atom. The number of hydrogen-bond donors (Lipinski definition) is 1. The van der Waals surface area contributed by atoms with Crippen LogP contribution in [-0.4, -0.2) is 30.5 Å². The summed E-state index contributed by atoms with van der Waals surface area (Å²) in [6, 6.07) is 9.12. The molecule has 0 bridgehead atoms. The van der Waals surface area contributed by atoms with E-state index in [2.05, 4.69) is 26.6 Å². The molecule has 0 atom stereocenters. The Hall–Kier alpha value is -3.55. The fourth-order valence-corrected chi connectivity index (χ4v) is 2.61. The summed E-state index contributed by atoms with van der Waals surface area (Å²) in [4.78, 5) is 27.5. The van der Waals surface area contributed by atoms with E-state index in [0.29, 0.717) is 11.5 Å². The monoisotopic (exact) mass is 364 g/mol. The van der Waals surface area contributed by atoms with Gasteiger partial charge in [-0.05, 0) is 32.0 Å². The number of benzene rings is 1. The Labute approximate surface area is 156 Å². The smallest absolute Gasteiger partial charge is 0.266 e. The lowest BCUT2D eigenvalue weighted by Gasteiger charge is -2.03. The van der Waals surface area contributed by atoms with Crippen molar-refractivity contribution in [2.75, 3.05) is 0 Å². The summed E-state index contributed by atoms with van der Waals surface area (Å²) >= 11 is 0. The molecule has 0 saturated heterocycles. The molecule has 0 aliphatic heterocycles. The minimum atomic E-state index is -0.297. The van der Waals surface area contributed by atoms with Crippen LogP contribution in [0, 0.1) is 13.8 Å². The highest BCUT2D eigenvalue weighted by atomic mass is 16.1. The average Bonchev–Trinajstić information content (AvgIpc) is 3.09. The zero-order valence-corrected chi connectivity index (χ0v) is 15.4. The molecule has 1 amide bonds. The highest BCUT2D eigenvalue weighted by Crippen LogP contribution is 2.18. The van der Waals surface area contributed by atoms with Gasteiger partial charge in [-0.2, -0.15) is 5.10 Å². The normalized spacial score (nSPS) is 11.1. The Morgan fingerprint density at radius 1 is 1.15 bits per heavy atom. The first-order valence-corrected chi connectivity index (χ1v) is 8.40. The molecule has 0 fully saturated rings. The van der Waals surface area contributed by atoms with Crippen LogP contribution >= 0.6 is 0 Å². The maximum atomic E-state index is 12.0. The van der Waals surface area contributed by atoms with Gasteiger partial charge in [0.25, 0.3) is 5.56 Å². The molecule has 27 heavy (non-hydrogen) atoms. The van der Waals surface area contributed by atoms with Gasteiger partial charge in [0.15, 0.2) is 5.82 Å². The predicted octanol–water partition coefficient (Wildman–Crippen LogP) is 1.44. The van der Waals surface area contributed by atoms with Crippen molar-refractivity contribution in [3.63, 3.8) is 0 Å². The summed E-state index contributed by atoms with van der Waals surface area (Å²) in [6.07, 6.45) is 4.44. The van der Waals surface area contributed by atoms with E-state index in [9.17, 15) is 9.59 Å². The van der Waals surface area contributed by atoms with Crippen LogP contribution in [-0.2, 0) is 18.4 Å². The van der Waals surface area contributed by atoms with Gasteiger partial charge in [0.05, 0.1) is 12.2 Å². The number of carbonyl (C=O) groups excluding carboxylic acids is 1. The minimum absolute atomic E-state index is 0.198. The minimum Gasteiger partial charge on any atom is -0.347 e. The summed E-state index contributed by atoms with van der Waals surface area (Å²) in [6.45, 7) is 4.27. The van der Waals surface area contributed by atoms with Crippen LogP contribution in [0.2, 0.25) is 0 Å². The van der Waals surface area contributed by atoms with Crippen LogP contribution in [0.5, 0.6) is 0 Å². The van der Waals surface area contributed by atoms with Crippen molar-refractivity contribution in [2.45, 2.75) is 20.4 Å². The fraction of sp³-hybridized carbons (Fsp3) is 0.211. The van der Waals surface area contributed by atoms with Crippen molar-refractivity contribution in [2.24, 2.45) is 7.05 Å². The number of nitrogens with zero attached hydrogens (tertiary/aromatic N) is 5. The van der Waals surface area contributed by atoms with Crippen LogP contribution in [0.1, 0.15) is 16.8 Å². The molecule has 2 heterocycles. The fourth-order valence-electron chi connectivity index (χ4n) is 2.61. The van der Waals surface area contributed by atoms with Gasteiger partial charge in [0, 0.05) is 31.0 Å². The molecule has 0 radical (unpaired) electrons. The molecule has 1 N–H and O–H groups in total. The molecular weight excluding hydrogens is 344 g/mol. The third-order valence-electron chi connectivity index (χ3n) is 3.83. The Morgan fingerprint density at radius 3 is 2.59 bits per heavy atom.